The molecule has 1 atom stereocenters. The van der Waals surface area contributed by atoms with Gasteiger partial charge in [-0.1, -0.05) is 20.8 Å². The minimum Gasteiger partial charge on any atom is -0.478 e. The molecule has 0 saturated carbocycles. The lowest BCUT2D eigenvalue weighted by molar-refractivity contribution is 0.0695. The van der Waals surface area contributed by atoms with Crippen LogP contribution in [0.2, 0.25) is 0 Å². The van der Waals surface area contributed by atoms with Crippen LogP contribution in [0.4, 0.5) is 10.1 Å². The van der Waals surface area contributed by atoms with Crippen molar-refractivity contribution in [3.8, 4) is 0 Å². The Hall–Kier alpha value is -1.10. The van der Waals surface area contributed by atoms with Gasteiger partial charge in [0.1, 0.15) is 0 Å². The average Bonchev–Trinajstić information content (AvgIpc) is 2.22. The minimum atomic E-state index is -1.16. The van der Waals surface area contributed by atoms with Gasteiger partial charge in [0, 0.05) is 6.04 Å². The molecule has 18 heavy (non-hydrogen) atoms. The quantitative estimate of drug-likeness (QED) is 0.881. The molecule has 2 N–H and O–H groups in total. The average molecular weight is 318 g/mol. The van der Waals surface area contributed by atoms with Gasteiger partial charge in [0.2, 0.25) is 0 Å². The van der Waals surface area contributed by atoms with Gasteiger partial charge < -0.3 is 10.4 Å². The van der Waals surface area contributed by atoms with Gasteiger partial charge in [0.05, 0.1) is 15.7 Å². The molecule has 1 aromatic carbocycles. The Morgan fingerprint density at radius 1 is 1.44 bits per heavy atom. The molecule has 0 amide bonds. The summed E-state index contributed by atoms with van der Waals surface area (Å²) in [6.07, 6.45) is 0. The van der Waals surface area contributed by atoms with E-state index in [0.29, 0.717) is 5.69 Å². The lowest BCUT2D eigenvalue weighted by Crippen LogP contribution is -2.31. The molecular weight excluding hydrogens is 301 g/mol. The molecule has 0 aliphatic rings. The van der Waals surface area contributed by atoms with Crippen LogP contribution in [0.1, 0.15) is 38.1 Å². The topological polar surface area (TPSA) is 49.3 Å². The van der Waals surface area contributed by atoms with E-state index in [1.807, 2.05) is 27.7 Å². The molecular formula is C13H17BrFNO2. The van der Waals surface area contributed by atoms with Gasteiger partial charge >= 0.3 is 5.97 Å². The van der Waals surface area contributed by atoms with Crippen LogP contribution in [0.3, 0.4) is 0 Å². The van der Waals surface area contributed by atoms with Crippen LogP contribution in [-0.4, -0.2) is 17.1 Å². The molecule has 0 aliphatic carbocycles. The Kier molecular flexibility index (Phi) is 4.37. The zero-order valence-corrected chi connectivity index (χ0v) is 12.4. The number of carbonyl (C=O) groups is 1. The molecule has 0 aliphatic heterocycles. The lowest BCUT2D eigenvalue weighted by atomic mass is 9.88. The highest BCUT2D eigenvalue weighted by Crippen LogP contribution is 2.30. The molecule has 1 unspecified atom stereocenters. The van der Waals surface area contributed by atoms with Gasteiger partial charge in [-0.15, -0.1) is 0 Å². The molecule has 5 heteroatoms. The number of halogens is 2. The number of hydrogen-bond donors (Lipinski definition) is 2. The van der Waals surface area contributed by atoms with Crippen LogP contribution in [0.25, 0.3) is 0 Å². The SMILES string of the molecule is CC(Nc1ccc(C(=O)O)c(Br)c1F)C(C)(C)C. The predicted octanol–water partition coefficient (Wildman–Crippen LogP) is 4.13. The van der Waals surface area contributed by atoms with E-state index in [4.69, 9.17) is 5.11 Å². The Labute approximate surface area is 115 Å². The van der Waals surface area contributed by atoms with E-state index in [1.165, 1.54) is 12.1 Å². The normalized spacial score (nSPS) is 13.2. The largest absolute Gasteiger partial charge is 0.478 e. The van der Waals surface area contributed by atoms with Crippen LogP contribution in [0.15, 0.2) is 16.6 Å². The summed E-state index contributed by atoms with van der Waals surface area (Å²) in [5.41, 5.74) is 0.195. The zero-order valence-electron chi connectivity index (χ0n) is 10.8. The maximum atomic E-state index is 14.0. The zero-order chi connectivity index (χ0) is 14.1. The summed E-state index contributed by atoms with van der Waals surface area (Å²) in [6, 6.07) is 2.88. The van der Waals surface area contributed by atoms with Gasteiger partial charge in [-0.3, -0.25) is 0 Å². The highest BCUT2D eigenvalue weighted by atomic mass is 79.9. The standard InChI is InChI=1S/C13H17BrFNO2/c1-7(13(2,3)4)16-9-6-5-8(12(17)18)10(14)11(9)15/h5-7,16H,1-4H3,(H,17,18). The third-order valence-electron chi connectivity index (χ3n) is 2.98. The number of carboxylic acids is 1. The van der Waals surface area contributed by atoms with Crippen molar-refractivity contribution in [3.05, 3.63) is 28.0 Å². The monoisotopic (exact) mass is 317 g/mol. The van der Waals surface area contributed by atoms with Crippen LogP contribution in [0.5, 0.6) is 0 Å². The Morgan fingerprint density at radius 2 is 2.00 bits per heavy atom. The number of aromatic carboxylic acids is 1. The minimum absolute atomic E-state index is 0.0234. The van der Waals surface area contributed by atoms with Gasteiger partial charge in [0.25, 0.3) is 0 Å². The summed E-state index contributed by atoms with van der Waals surface area (Å²) in [6.45, 7) is 8.09. The Morgan fingerprint density at radius 3 is 2.44 bits per heavy atom. The first-order valence-corrected chi connectivity index (χ1v) is 6.41. The lowest BCUT2D eigenvalue weighted by Gasteiger charge is -2.29. The highest BCUT2D eigenvalue weighted by molar-refractivity contribution is 9.10. The van der Waals surface area contributed by atoms with Gasteiger partial charge in [-0.25, -0.2) is 9.18 Å². The van der Waals surface area contributed by atoms with E-state index in [-0.39, 0.29) is 21.5 Å². The first kappa shape index (κ1) is 15.0. The van der Waals surface area contributed by atoms with E-state index in [1.54, 1.807) is 0 Å². The maximum absolute atomic E-state index is 14.0. The maximum Gasteiger partial charge on any atom is 0.336 e. The Balaban J connectivity index is 3.07. The number of hydrogen-bond acceptors (Lipinski definition) is 2. The summed E-state index contributed by atoms with van der Waals surface area (Å²) >= 11 is 2.98. The third kappa shape index (κ3) is 3.22. The van der Waals surface area contributed by atoms with Crippen molar-refractivity contribution >= 4 is 27.6 Å². The molecule has 0 aromatic heterocycles. The van der Waals surface area contributed by atoms with E-state index >= 15 is 0 Å². The number of benzene rings is 1. The summed E-state index contributed by atoms with van der Waals surface area (Å²) in [5, 5.41) is 11.9. The fourth-order valence-corrected chi connectivity index (χ4v) is 1.79. The van der Waals surface area contributed by atoms with Crippen molar-refractivity contribution in [2.24, 2.45) is 5.41 Å². The predicted molar refractivity (Wildman–Crippen MR) is 73.6 cm³/mol. The number of nitrogens with one attached hydrogen (secondary N) is 1. The van der Waals surface area contributed by atoms with Crippen LogP contribution >= 0.6 is 15.9 Å². The van der Waals surface area contributed by atoms with Gasteiger partial charge in [-0.05, 0) is 40.4 Å². The second-order valence-electron chi connectivity index (χ2n) is 5.33. The summed E-state index contributed by atoms with van der Waals surface area (Å²) < 4.78 is 14.0. The van der Waals surface area contributed by atoms with Crippen molar-refractivity contribution in [2.75, 3.05) is 5.32 Å². The molecule has 0 saturated heterocycles. The van der Waals surface area contributed by atoms with E-state index in [9.17, 15) is 9.18 Å². The molecule has 3 nitrogen and oxygen atoms in total. The van der Waals surface area contributed by atoms with E-state index < -0.39 is 11.8 Å². The van der Waals surface area contributed by atoms with Crippen LogP contribution in [-0.2, 0) is 0 Å². The van der Waals surface area contributed by atoms with Crippen molar-refractivity contribution in [3.63, 3.8) is 0 Å². The van der Waals surface area contributed by atoms with Crippen LogP contribution in [0, 0.1) is 11.2 Å². The molecule has 100 valence electrons. The molecule has 1 rings (SSSR count). The highest BCUT2D eigenvalue weighted by Gasteiger charge is 2.22. The molecule has 0 radical (unpaired) electrons. The van der Waals surface area contributed by atoms with E-state index in [2.05, 4.69) is 21.2 Å². The molecule has 1 aromatic rings. The second kappa shape index (κ2) is 5.26. The smallest absolute Gasteiger partial charge is 0.336 e. The summed E-state index contributed by atoms with van der Waals surface area (Å²) in [5.74, 6) is -1.73. The number of rotatable bonds is 3. The fraction of sp³-hybridized carbons (Fsp3) is 0.462. The first-order chi connectivity index (χ1) is 8.14. The van der Waals surface area contributed by atoms with Crippen molar-refractivity contribution < 1.29 is 14.3 Å². The number of anilines is 1. The summed E-state index contributed by atoms with van der Waals surface area (Å²) in [4.78, 5) is 10.8. The van der Waals surface area contributed by atoms with Crippen molar-refractivity contribution in [2.45, 2.75) is 33.7 Å². The molecule has 0 bridgehead atoms. The molecule has 0 fully saturated rings. The van der Waals surface area contributed by atoms with Crippen molar-refractivity contribution in [1.29, 1.82) is 0 Å². The Bertz CT molecular complexity index is 469. The van der Waals surface area contributed by atoms with Gasteiger partial charge in [0.15, 0.2) is 5.82 Å². The summed E-state index contributed by atoms with van der Waals surface area (Å²) in [7, 11) is 0. The van der Waals surface area contributed by atoms with Gasteiger partial charge in [-0.2, -0.15) is 0 Å². The second-order valence-corrected chi connectivity index (χ2v) is 6.12. The molecule has 0 heterocycles. The number of carboxylic acid groups (broad SMARTS) is 1. The first-order valence-electron chi connectivity index (χ1n) is 5.62. The van der Waals surface area contributed by atoms with E-state index in [0.717, 1.165) is 0 Å². The van der Waals surface area contributed by atoms with Crippen molar-refractivity contribution in [1.82, 2.24) is 0 Å². The molecule has 0 spiro atoms. The van der Waals surface area contributed by atoms with Crippen LogP contribution < -0.4 is 5.32 Å². The fourth-order valence-electron chi connectivity index (χ4n) is 1.28. The third-order valence-corrected chi connectivity index (χ3v) is 3.76.